The first kappa shape index (κ1) is 12.6. The Morgan fingerprint density at radius 2 is 1.84 bits per heavy atom. The van der Waals surface area contributed by atoms with Crippen molar-refractivity contribution in [2.75, 3.05) is 11.4 Å². The van der Waals surface area contributed by atoms with E-state index in [2.05, 4.69) is 40.1 Å². The second-order valence-electron chi connectivity index (χ2n) is 4.56. The Bertz CT molecular complexity index is 610. The van der Waals surface area contributed by atoms with Gasteiger partial charge in [0.15, 0.2) is 0 Å². The number of aryl methyl sites for hydroxylation is 2. The highest BCUT2D eigenvalue weighted by atomic mass is 35.5. The average Bonchev–Trinajstić information content (AvgIpc) is 2.36. The summed E-state index contributed by atoms with van der Waals surface area (Å²) in [4.78, 5) is 14.1. The van der Waals surface area contributed by atoms with Gasteiger partial charge in [-0.2, -0.15) is 15.0 Å². The van der Waals surface area contributed by atoms with Crippen LogP contribution < -0.4 is 4.90 Å². The fraction of sp³-hybridized carbons (Fsp3) is 0.308. The summed E-state index contributed by atoms with van der Waals surface area (Å²) in [5, 5.41) is 0.239. The molecular formula is C13H12Cl2N4. The van der Waals surface area contributed by atoms with Crippen molar-refractivity contribution in [2.45, 2.75) is 19.8 Å². The second kappa shape index (κ2) is 4.94. The zero-order chi connectivity index (χ0) is 13.4. The molecule has 98 valence electrons. The first-order valence-corrected chi connectivity index (χ1v) is 6.83. The van der Waals surface area contributed by atoms with Crippen LogP contribution in [0.5, 0.6) is 0 Å². The highest BCUT2D eigenvalue weighted by molar-refractivity contribution is 6.31. The minimum absolute atomic E-state index is 0.120. The van der Waals surface area contributed by atoms with Crippen LogP contribution in [0.1, 0.15) is 17.5 Å². The minimum Gasteiger partial charge on any atom is -0.310 e. The van der Waals surface area contributed by atoms with E-state index >= 15 is 0 Å². The normalized spacial score (nSPS) is 14.4. The van der Waals surface area contributed by atoms with Crippen LogP contribution in [0.2, 0.25) is 10.6 Å². The molecule has 1 aliphatic rings. The first-order valence-electron chi connectivity index (χ1n) is 6.07. The molecule has 0 N–H and O–H groups in total. The summed E-state index contributed by atoms with van der Waals surface area (Å²) in [7, 11) is 0. The Hall–Kier alpha value is -1.39. The molecule has 0 saturated heterocycles. The lowest BCUT2D eigenvalue weighted by molar-refractivity contribution is 0.746. The van der Waals surface area contributed by atoms with Crippen LogP contribution in [0.15, 0.2) is 18.2 Å². The van der Waals surface area contributed by atoms with Gasteiger partial charge in [-0.1, -0.05) is 17.7 Å². The third-order valence-electron chi connectivity index (χ3n) is 3.16. The number of benzene rings is 1. The molecule has 4 nitrogen and oxygen atoms in total. The zero-order valence-electron chi connectivity index (χ0n) is 10.4. The molecule has 0 spiro atoms. The van der Waals surface area contributed by atoms with Crippen LogP contribution >= 0.6 is 23.2 Å². The lowest BCUT2D eigenvalue weighted by Gasteiger charge is -2.29. The van der Waals surface area contributed by atoms with Gasteiger partial charge in [0.05, 0.1) is 0 Å². The predicted octanol–water partition coefficient (Wildman–Crippen LogP) is 3.57. The van der Waals surface area contributed by atoms with E-state index in [0.717, 1.165) is 25.1 Å². The lowest BCUT2D eigenvalue weighted by Crippen LogP contribution is -2.26. The van der Waals surface area contributed by atoms with E-state index in [-0.39, 0.29) is 10.6 Å². The van der Waals surface area contributed by atoms with E-state index < -0.39 is 0 Å². The van der Waals surface area contributed by atoms with Crippen LogP contribution in [0, 0.1) is 6.92 Å². The Morgan fingerprint density at radius 1 is 1.11 bits per heavy atom. The van der Waals surface area contributed by atoms with Gasteiger partial charge in [-0.15, -0.1) is 0 Å². The van der Waals surface area contributed by atoms with E-state index in [9.17, 15) is 0 Å². The van der Waals surface area contributed by atoms with E-state index in [4.69, 9.17) is 23.2 Å². The van der Waals surface area contributed by atoms with Gasteiger partial charge >= 0.3 is 0 Å². The van der Waals surface area contributed by atoms with Gasteiger partial charge in [-0.3, -0.25) is 0 Å². The molecule has 0 saturated carbocycles. The van der Waals surface area contributed by atoms with Crippen molar-refractivity contribution in [2.24, 2.45) is 0 Å². The summed E-state index contributed by atoms with van der Waals surface area (Å²) >= 11 is 11.7. The summed E-state index contributed by atoms with van der Waals surface area (Å²) in [6, 6.07) is 6.38. The topological polar surface area (TPSA) is 41.9 Å². The molecule has 0 unspecified atom stereocenters. The molecule has 0 atom stereocenters. The van der Waals surface area contributed by atoms with Crippen LogP contribution in [-0.2, 0) is 6.42 Å². The van der Waals surface area contributed by atoms with Gasteiger partial charge in [0, 0.05) is 12.2 Å². The average molecular weight is 295 g/mol. The van der Waals surface area contributed by atoms with Gasteiger partial charge < -0.3 is 4.90 Å². The Kier molecular flexibility index (Phi) is 3.29. The Labute approximate surface area is 121 Å². The number of fused-ring (bicyclic) bond motifs is 1. The molecule has 1 aromatic heterocycles. The van der Waals surface area contributed by atoms with Crippen LogP contribution in [0.25, 0.3) is 0 Å². The van der Waals surface area contributed by atoms with Crippen molar-refractivity contribution in [3.8, 4) is 0 Å². The highest BCUT2D eigenvalue weighted by Gasteiger charge is 2.21. The number of aromatic nitrogens is 3. The minimum atomic E-state index is 0.120. The van der Waals surface area contributed by atoms with Gasteiger partial charge in [-0.05, 0) is 54.6 Å². The van der Waals surface area contributed by atoms with Gasteiger partial charge in [-0.25, -0.2) is 0 Å². The number of anilines is 2. The fourth-order valence-corrected chi connectivity index (χ4v) is 2.73. The van der Waals surface area contributed by atoms with Crippen LogP contribution in [0.4, 0.5) is 11.6 Å². The number of hydrogen-bond acceptors (Lipinski definition) is 4. The summed E-state index contributed by atoms with van der Waals surface area (Å²) in [5.41, 5.74) is 3.68. The molecular weight excluding hydrogens is 283 g/mol. The Morgan fingerprint density at radius 3 is 2.58 bits per heavy atom. The van der Waals surface area contributed by atoms with Crippen LogP contribution in [0.3, 0.4) is 0 Å². The fourth-order valence-electron chi connectivity index (χ4n) is 2.37. The molecule has 2 heterocycles. The van der Waals surface area contributed by atoms with Crippen molar-refractivity contribution >= 4 is 34.8 Å². The number of nitrogens with zero attached hydrogens (tertiary/aromatic N) is 4. The summed E-state index contributed by atoms with van der Waals surface area (Å²) in [6.07, 6.45) is 2.12. The molecule has 0 radical (unpaired) electrons. The first-order chi connectivity index (χ1) is 9.13. The third-order valence-corrected chi connectivity index (χ3v) is 3.50. The summed E-state index contributed by atoms with van der Waals surface area (Å²) in [6.45, 7) is 2.95. The van der Waals surface area contributed by atoms with Crippen molar-refractivity contribution in [3.63, 3.8) is 0 Å². The molecule has 0 fully saturated rings. The maximum Gasteiger partial charge on any atom is 0.235 e. The van der Waals surface area contributed by atoms with E-state index in [1.807, 2.05) is 4.90 Å². The van der Waals surface area contributed by atoms with Crippen molar-refractivity contribution < 1.29 is 0 Å². The molecule has 1 aliphatic heterocycles. The molecule has 2 aromatic rings. The molecule has 6 heteroatoms. The number of halogens is 2. The van der Waals surface area contributed by atoms with Crippen molar-refractivity contribution in [1.29, 1.82) is 0 Å². The quantitative estimate of drug-likeness (QED) is 0.806. The number of hydrogen-bond donors (Lipinski definition) is 0. The van der Waals surface area contributed by atoms with Gasteiger partial charge in [0.2, 0.25) is 16.5 Å². The van der Waals surface area contributed by atoms with E-state index in [1.165, 1.54) is 11.1 Å². The molecule has 3 rings (SSSR count). The second-order valence-corrected chi connectivity index (χ2v) is 5.24. The van der Waals surface area contributed by atoms with Crippen molar-refractivity contribution in [3.05, 3.63) is 39.9 Å². The monoisotopic (exact) mass is 294 g/mol. The molecule has 19 heavy (non-hydrogen) atoms. The summed E-state index contributed by atoms with van der Waals surface area (Å²) in [5.74, 6) is 0.509. The highest BCUT2D eigenvalue weighted by Crippen LogP contribution is 2.32. The SMILES string of the molecule is Cc1ccc2c(c1)CCCN2c1nc(Cl)nc(Cl)n1. The smallest absolute Gasteiger partial charge is 0.235 e. The number of rotatable bonds is 1. The third kappa shape index (κ3) is 2.51. The van der Waals surface area contributed by atoms with E-state index in [1.54, 1.807) is 0 Å². The molecule has 0 aliphatic carbocycles. The van der Waals surface area contributed by atoms with E-state index in [0.29, 0.717) is 5.95 Å². The maximum atomic E-state index is 5.85. The van der Waals surface area contributed by atoms with Gasteiger partial charge in [0.1, 0.15) is 0 Å². The summed E-state index contributed by atoms with van der Waals surface area (Å²) < 4.78 is 0. The zero-order valence-corrected chi connectivity index (χ0v) is 11.9. The Balaban J connectivity index is 2.08. The molecule has 0 bridgehead atoms. The predicted molar refractivity (Wildman–Crippen MR) is 76.4 cm³/mol. The molecule has 0 amide bonds. The largest absolute Gasteiger partial charge is 0.310 e. The molecule has 1 aromatic carbocycles. The van der Waals surface area contributed by atoms with Gasteiger partial charge in [0.25, 0.3) is 0 Å². The maximum absolute atomic E-state index is 5.85. The van der Waals surface area contributed by atoms with Crippen LogP contribution in [-0.4, -0.2) is 21.5 Å². The lowest BCUT2D eigenvalue weighted by atomic mass is 10.00. The standard InChI is InChI=1S/C13H12Cl2N4/c1-8-4-5-10-9(7-8)3-2-6-19(10)13-17-11(14)16-12(15)18-13/h4-5,7H,2-3,6H2,1H3. The van der Waals surface area contributed by atoms with Crippen molar-refractivity contribution in [1.82, 2.24) is 15.0 Å².